The highest BCUT2D eigenvalue weighted by atomic mass is 79.9. The van der Waals surface area contributed by atoms with Gasteiger partial charge in [0, 0.05) is 29.7 Å². The molecular weight excluding hydrogens is 638 g/mol. The monoisotopic (exact) mass is 667 g/mol. The van der Waals surface area contributed by atoms with Crippen molar-refractivity contribution in [1.82, 2.24) is 4.57 Å². The van der Waals surface area contributed by atoms with Crippen molar-refractivity contribution in [3.8, 4) is 5.75 Å². The van der Waals surface area contributed by atoms with Gasteiger partial charge >= 0.3 is 5.97 Å². The van der Waals surface area contributed by atoms with Crippen molar-refractivity contribution in [1.29, 1.82) is 0 Å². The fourth-order valence-corrected chi connectivity index (χ4v) is 7.33. The second-order valence-corrected chi connectivity index (χ2v) is 12.3. The normalized spacial score (nSPS) is 14.8. The Balaban J connectivity index is 1.71. The third-order valence-electron chi connectivity index (χ3n) is 7.55. The molecule has 0 unspecified atom stereocenters. The molecule has 44 heavy (non-hydrogen) atoms. The van der Waals surface area contributed by atoms with Crippen LogP contribution in [0.3, 0.4) is 0 Å². The first-order valence-electron chi connectivity index (χ1n) is 14.1. The van der Waals surface area contributed by atoms with Gasteiger partial charge in [-0.3, -0.25) is 9.36 Å². The molecule has 1 aliphatic rings. The SMILES string of the molecule is CCOC(=O)C1=C(c2ccccc2)N=c2s/c(=C/c3ccc(N(C)C)c(Br)c3)c(=O)n2[C@H]1c1c(OC)ccc2ccccc12. The maximum Gasteiger partial charge on any atom is 0.338 e. The lowest BCUT2D eigenvalue weighted by atomic mass is 9.89. The van der Waals surface area contributed by atoms with Crippen LogP contribution >= 0.6 is 27.3 Å². The summed E-state index contributed by atoms with van der Waals surface area (Å²) in [7, 11) is 5.55. The second-order valence-electron chi connectivity index (χ2n) is 10.4. The summed E-state index contributed by atoms with van der Waals surface area (Å²) >= 11 is 4.95. The Labute approximate surface area is 267 Å². The molecule has 1 aromatic heterocycles. The zero-order valence-electron chi connectivity index (χ0n) is 24.7. The fraction of sp³-hybridized carbons (Fsp3) is 0.171. The lowest BCUT2D eigenvalue weighted by molar-refractivity contribution is -0.138. The van der Waals surface area contributed by atoms with Crippen LogP contribution in [0.15, 0.2) is 105 Å². The number of aromatic nitrogens is 1. The number of esters is 1. The Hall–Kier alpha value is -4.47. The van der Waals surface area contributed by atoms with Crippen LogP contribution < -0.4 is 24.5 Å². The number of methoxy groups -OCH3 is 1. The van der Waals surface area contributed by atoms with E-state index in [1.54, 1.807) is 18.6 Å². The van der Waals surface area contributed by atoms with Crippen molar-refractivity contribution in [2.45, 2.75) is 13.0 Å². The lowest BCUT2D eigenvalue weighted by Crippen LogP contribution is -2.40. The van der Waals surface area contributed by atoms with Gasteiger partial charge in [-0.05, 0) is 63.5 Å². The average Bonchev–Trinajstić information content (AvgIpc) is 3.34. The number of halogens is 1. The van der Waals surface area contributed by atoms with Gasteiger partial charge in [0.25, 0.3) is 5.56 Å². The molecule has 0 saturated carbocycles. The minimum Gasteiger partial charge on any atom is -0.496 e. The number of thiazole rings is 1. The number of ether oxygens (including phenoxy) is 2. The largest absolute Gasteiger partial charge is 0.496 e. The summed E-state index contributed by atoms with van der Waals surface area (Å²) in [5.74, 6) is 0.0233. The lowest BCUT2D eigenvalue weighted by Gasteiger charge is -2.28. The van der Waals surface area contributed by atoms with Crippen LogP contribution in [-0.4, -0.2) is 38.3 Å². The Kier molecular flexibility index (Phi) is 8.25. The molecule has 9 heteroatoms. The summed E-state index contributed by atoms with van der Waals surface area (Å²) in [5, 5.41) is 1.82. The quantitative estimate of drug-likeness (QED) is 0.201. The molecule has 0 radical (unpaired) electrons. The summed E-state index contributed by atoms with van der Waals surface area (Å²) in [6.45, 7) is 1.94. The van der Waals surface area contributed by atoms with E-state index >= 15 is 0 Å². The molecule has 1 atom stereocenters. The Morgan fingerprint density at radius 2 is 1.80 bits per heavy atom. The van der Waals surface area contributed by atoms with Gasteiger partial charge in [0.15, 0.2) is 4.80 Å². The highest BCUT2D eigenvalue weighted by Gasteiger charge is 2.37. The van der Waals surface area contributed by atoms with Gasteiger partial charge in [-0.25, -0.2) is 9.79 Å². The number of anilines is 1. The molecule has 6 rings (SSSR count). The molecular formula is C35H30BrN3O4S. The molecule has 0 fully saturated rings. The van der Waals surface area contributed by atoms with E-state index in [1.165, 1.54) is 11.3 Å². The molecule has 0 aliphatic carbocycles. The van der Waals surface area contributed by atoms with E-state index in [0.29, 0.717) is 26.3 Å². The van der Waals surface area contributed by atoms with Crippen molar-refractivity contribution in [3.05, 3.63) is 131 Å². The molecule has 0 bridgehead atoms. The number of benzene rings is 4. The zero-order chi connectivity index (χ0) is 31.0. The Morgan fingerprint density at radius 1 is 1.05 bits per heavy atom. The smallest absolute Gasteiger partial charge is 0.338 e. The third-order valence-corrected chi connectivity index (χ3v) is 9.17. The second kappa shape index (κ2) is 12.3. The van der Waals surface area contributed by atoms with Crippen LogP contribution in [0.2, 0.25) is 0 Å². The van der Waals surface area contributed by atoms with Crippen LogP contribution in [0.5, 0.6) is 5.75 Å². The molecule has 0 spiro atoms. The standard InChI is InChI=1S/C35H30BrN3O4S/c1-5-43-34(41)30-31(23-12-7-6-8-13-23)37-35-39(32(30)29-24-14-10-9-11-22(24)16-18-27(29)42-4)33(40)28(44-35)20-21-15-17-26(38(2)3)25(36)19-21/h6-20,32H,5H2,1-4H3/b28-20+/t32-/m0/s1. The number of nitrogens with zero attached hydrogens (tertiary/aromatic N) is 3. The van der Waals surface area contributed by atoms with Crippen molar-refractivity contribution in [2.24, 2.45) is 4.99 Å². The van der Waals surface area contributed by atoms with Crippen molar-refractivity contribution >= 4 is 61.5 Å². The topological polar surface area (TPSA) is 73.1 Å². The minimum atomic E-state index is -0.855. The Morgan fingerprint density at radius 3 is 2.50 bits per heavy atom. The maximum absolute atomic E-state index is 14.4. The predicted molar refractivity (Wildman–Crippen MR) is 180 cm³/mol. The number of rotatable bonds is 7. The number of carbonyl (C=O) groups excluding carboxylic acids is 1. The first kappa shape index (κ1) is 29.6. The third kappa shape index (κ3) is 5.27. The van der Waals surface area contributed by atoms with Gasteiger partial charge < -0.3 is 14.4 Å². The summed E-state index contributed by atoms with van der Waals surface area (Å²) in [5.41, 5.74) is 3.83. The molecule has 0 N–H and O–H groups in total. The van der Waals surface area contributed by atoms with E-state index in [4.69, 9.17) is 14.5 Å². The number of fused-ring (bicyclic) bond motifs is 2. The summed E-state index contributed by atoms with van der Waals surface area (Å²) in [6.07, 6.45) is 1.86. The summed E-state index contributed by atoms with van der Waals surface area (Å²) in [6, 6.07) is 26.4. The molecule has 7 nitrogen and oxygen atoms in total. The fourth-order valence-electron chi connectivity index (χ4n) is 5.58. The van der Waals surface area contributed by atoms with Crippen LogP contribution in [-0.2, 0) is 9.53 Å². The van der Waals surface area contributed by atoms with E-state index in [-0.39, 0.29) is 17.7 Å². The van der Waals surface area contributed by atoms with Crippen LogP contribution in [0.25, 0.3) is 22.5 Å². The van der Waals surface area contributed by atoms with Crippen LogP contribution in [0.4, 0.5) is 5.69 Å². The summed E-state index contributed by atoms with van der Waals surface area (Å²) in [4.78, 5) is 35.8. The highest BCUT2D eigenvalue weighted by molar-refractivity contribution is 9.10. The van der Waals surface area contributed by atoms with Crippen LogP contribution in [0, 0.1) is 0 Å². The van der Waals surface area contributed by atoms with Crippen LogP contribution in [0.1, 0.15) is 29.7 Å². The summed E-state index contributed by atoms with van der Waals surface area (Å²) < 4.78 is 14.6. The molecule has 0 saturated heterocycles. The first-order valence-corrected chi connectivity index (χ1v) is 15.7. The highest BCUT2D eigenvalue weighted by Crippen LogP contribution is 2.42. The van der Waals surface area contributed by atoms with E-state index in [9.17, 15) is 9.59 Å². The molecule has 0 amide bonds. The minimum absolute atomic E-state index is 0.173. The van der Waals surface area contributed by atoms with E-state index < -0.39 is 12.0 Å². The average molecular weight is 669 g/mol. The number of hydrogen-bond acceptors (Lipinski definition) is 7. The number of hydrogen-bond donors (Lipinski definition) is 0. The molecule has 4 aromatic carbocycles. The number of carbonyl (C=O) groups is 1. The van der Waals surface area contributed by atoms with Gasteiger partial charge in [-0.15, -0.1) is 0 Å². The van der Waals surface area contributed by atoms with Crippen molar-refractivity contribution in [2.75, 3.05) is 32.7 Å². The predicted octanol–water partition coefficient (Wildman–Crippen LogP) is 5.93. The molecule has 5 aromatic rings. The van der Waals surface area contributed by atoms with Gasteiger partial charge in [0.05, 0.1) is 35.2 Å². The van der Waals surface area contributed by atoms with E-state index in [1.807, 2.05) is 110 Å². The van der Waals surface area contributed by atoms with Crippen molar-refractivity contribution in [3.63, 3.8) is 0 Å². The molecule has 222 valence electrons. The van der Waals surface area contributed by atoms with Gasteiger partial charge in [-0.1, -0.05) is 78.1 Å². The Bertz CT molecular complexity index is 2120. The molecule has 1 aliphatic heterocycles. The zero-order valence-corrected chi connectivity index (χ0v) is 27.1. The van der Waals surface area contributed by atoms with Crippen molar-refractivity contribution < 1.29 is 14.3 Å². The first-order chi connectivity index (χ1) is 21.3. The van der Waals surface area contributed by atoms with E-state index in [0.717, 1.165) is 32.1 Å². The van der Waals surface area contributed by atoms with Gasteiger partial charge in [-0.2, -0.15) is 0 Å². The van der Waals surface area contributed by atoms with Gasteiger partial charge in [0.2, 0.25) is 0 Å². The van der Waals surface area contributed by atoms with E-state index in [2.05, 4.69) is 15.9 Å². The molecule has 2 heterocycles. The van der Waals surface area contributed by atoms with Gasteiger partial charge in [0.1, 0.15) is 11.8 Å². The maximum atomic E-state index is 14.4.